The predicted octanol–water partition coefficient (Wildman–Crippen LogP) is 4.31. The van der Waals surface area contributed by atoms with Gasteiger partial charge in [0.25, 0.3) is 0 Å². The fourth-order valence-corrected chi connectivity index (χ4v) is 3.51. The summed E-state index contributed by atoms with van der Waals surface area (Å²) in [6, 6.07) is 17.1. The van der Waals surface area contributed by atoms with Gasteiger partial charge in [-0.25, -0.2) is 9.78 Å². The van der Waals surface area contributed by atoms with Crippen LogP contribution in [0.1, 0.15) is 28.5 Å². The van der Waals surface area contributed by atoms with Gasteiger partial charge >= 0.3 is 5.97 Å². The van der Waals surface area contributed by atoms with Gasteiger partial charge in [0.05, 0.1) is 11.3 Å². The summed E-state index contributed by atoms with van der Waals surface area (Å²) in [6.07, 6.45) is 0.943. The normalized spacial score (nSPS) is 15.5. The number of aromatic carboxylic acids is 1. The van der Waals surface area contributed by atoms with E-state index in [0.29, 0.717) is 17.5 Å². The van der Waals surface area contributed by atoms with E-state index in [4.69, 9.17) is 0 Å². The molecule has 1 aromatic heterocycles. The topological polar surface area (TPSA) is 78.3 Å². The van der Waals surface area contributed by atoms with Crippen LogP contribution in [0.4, 0.5) is 23.1 Å². The summed E-state index contributed by atoms with van der Waals surface area (Å²) in [4.78, 5) is 22.9. The van der Waals surface area contributed by atoms with Crippen LogP contribution in [0, 0.1) is 6.92 Å². The molecule has 6 nitrogen and oxygen atoms in total. The number of carboxylic acids is 1. The standard InChI is InChI=1S/C21H20N4O2/c1-13-11-19(23-17-9-5-4-8-16(17)20(26)27)24-21(22-13)25-14(2)12-15-7-3-6-10-18(15)25/h3-11,14H,12H2,1-2H3,(H,26,27)(H,22,23,24). The van der Waals surface area contributed by atoms with Crippen LogP contribution in [0.25, 0.3) is 0 Å². The summed E-state index contributed by atoms with van der Waals surface area (Å²) in [5.74, 6) is 0.205. The minimum absolute atomic E-state index is 0.204. The molecule has 136 valence electrons. The van der Waals surface area contributed by atoms with Crippen molar-refractivity contribution in [1.29, 1.82) is 0 Å². The fourth-order valence-electron chi connectivity index (χ4n) is 3.51. The molecule has 0 bridgehead atoms. The molecule has 1 atom stereocenters. The number of nitrogens with one attached hydrogen (secondary N) is 1. The number of hydrogen-bond acceptors (Lipinski definition) is 5. The van der Waals surface area contributed by atoms with E-state index >= 15 is 0 Å². The number of anilines is 4. The second-order valence-electron chi connectivity index (χ2n) is 6.72. The molecule has 2 N–H and O–H groups in total. The van der Waals surface area contributed by atoms with Crippen molar-refractivity contribution in [2.24, 2.45) is 0 Å². The van der Waals surface area contributed by atoms with Crippen LogP contribution in [0.5, 0.6) is 0 Å². The third-order valence-electron chi connectivity index (χ3n) is 4.69. The van der Waals surface area contributed by atoms with E-state index in [1.54, 1.807) is 24.3 Å². The average molecular weight is 360 g/mol. The molecule has 2 heterocycles. The molecule has 2 aromatic carbocycles. The van der Waals surface area contributed by atoms with Crippen molar-refractivity contribution in [1.82, 2.24) is 9.97 Å². The van der Waals surface area contributed by atoms with Crippen LogP contribution in [-0.2, 0) is 6.42 Å². The van der Waals surface area contributed by atoms with Gasteiger partial charge in [-0.3, -0.25) is 0 Å². The molecule has 1 aliphatic rings. The number of aryl methyl sites for hydroxylation is 1. The van der Waals surface area contributed by atoms with Gasteiger partial charge in [0.1, 0.15) is 5.82 Å². The summed E-state index contributed by atoms with van der Waals surface area (Å²) in [6.45, 7) is 4.06. The van der Waals surface area contributed by atoms with Crippen LogP contribution >= 0.6 is 0 Å². The first kappa shape index (κ1) is 17.0. The molecular formula is C21H20N4O2. The first-order valence-electron chi connectivity index (χ1n) is 8.85. The lowest BCUT2D eigenvalue weighted by molar-refractivity contribution is 0.0698. The van der Waals surface area contributed by atoms with Crippen molar-refractivity contribution in [3.8, 4) is 0 Å². The number of rotatable bonds is 4. The molecule has 0 fully saturated rings. The van der Waals surface area contributed by atoms with Crippen molar-refractivity contribution in [2.75, 3.05) is 10.2 Å². The second kappa shape index (κ2) is 6.72. The van der Waals surface area contributed by atoms with E-state index in [1.807, 2.05) is 25.1 Å². The minimum Gasteiger partial charge on any atom is -0.478 e. The Morgan fingerprint density at radius 2 is 1.89 bits per heavy atom. The Kier molecular flexibility index (Phi) is 4.24. The molecule has 0 saturated carbocycles. The average Bonchev–Trinajstić information content (AvgIpc) is 2.97. The molecular weight excluding hydrogens is 340 g/mol. The molecule has 0 saturated heterocycles. The van der Waals surface area contributed by atoms with E-state index in [-0.39, 0.29) is 11.6 Å². The smallest absolute Gasteiger partial charge is 0.337 e. The van der Waals surface area contributed by atoms with Crippen molar-refractivity contribution < 1.29 is 9.90 Å². The maximum Gasteiger partial charge on any atom is 0.337 e. The predicted molar refractivity (Wildman–Crippen MR) is 105 cm³/mol. The minimum atomic E-state index is -0.980. The largest absolute Gasteiger partial charge is 0.478 e. The molecule has 1 aliphatic heterocycles. The monoisotopic (exact) mass is 360 g/mol. The van der Waals surface area contributed by atoms with Gasteiger partial charge in [-0.1, -0.05) is 30.3 Å². The number of aromatic nitrogens is 2. The quantitative estimate of drug-likeness (QED) is 0.722. The molecule has 6 heteroatoms. The van der Waals surface area contributed by atoms with E-state index in [2.05, 4.69) is 39.2 Å². The number of nitrogens with zero attached hydrogens (tertiary/aromatic N) is 3. The molecule has 1 unspecified atom stereocenters. The molecule has 0 aliphatic carbocycles. The number of para-hydroxylation sites is 2. The van der Waals surface area contributed by atoms with E-state index in [9.17, 15) is 9.90 Å². The number of carbonyl (C=O) groups is 1. The van der Waals surface area contributed by atoms with Crippen LogP contribution in [-0.4, -0.2) is 27.1 Å². The molecule has 4 rings (SSSR count). The Bertz CT molecular complexity index is 1020. The SMILES string of the molecule is Cc1cc(Nc2ccccc2C(=O)O)nc(N2c3ccccc3CC2C)n1. The summed E-state index contributed by atoms with van der Waals surface area (Å²) >= 11 is 0. The maximum atomic E-state index is 11.5. The number of carboxylic acid groups (broad SMARTS) is 1. The van der Waals surface area contributed by atoms with Gasteiger partial charge in [-0.15, -0.1) is 0 Å². The van der Waals surface area contributed by atoms with Gasteiger partial charge in [0.15, 0.2) is 0 Å². The molecule has 0 spiro atoms. The second-order valence-corrected chi connectivity index (χ2v) is 6.72. The zero-order valence-corrected chi connectivity index (χ0v) is 15.2. The molecule has 0 radical (unpaired) electrons. The fraction of sp³-hybridized carbons (Fsp3) is 0.190. The first-order chi connectivity index (χ1) is 13.0. The third kappa shape index (κ3) is 3.21. The van der Waals surface area contributed by atoms with Crippen molar-refractivity contribution >= 4 is 29.1 Å². The highest BCUT2D eigenvalue weighted by molar-refractivity contribution is 5.95. The Labute approximate surface area is 157 Å². The van der Waals surface area contributed by atoms with Gasteiger partial charge in [-0.05, 0) is 44.0 Å². The van der Waals surface area contributed by atoms with Gasteiger partial charge in [0.2, 0.25) is 5.95 Å². The summed E-state index contributed by atoms with van der Waals surface area (Å²) in [7, 11) is 0. The van der Waals surface area contributed by atoms with Gasteiger partial charge < -0.3 is 15.3 Å². The zero-order valence-electron chi connectivity index (χ0n) is 15.2. The zero-order chi connectivity index (χ0) is 19.0. The van der Waals surface area contributed by atoms with Crippen molar-refractivity contribution in [3.63, 3.8) is 0 Å². The summed E-state index contributed by atoms with van der Waals surface area (Å²) < 4.78 is 0. The maximum absolute atomic E-state index is 11.5. The summed E-state index contributed by atoms with van der Waals surface area (Å²) in [5.41, 5.74) is 3.92. The van der Waals surface area contributed by atoms with E-state index < -0.39 is 5.97 Å². The highest BCUT2D eigenvalue weighted by Crippen LogP contribution is 2.37. The molecule has 3 aromatic rings. The van der Waals surface area contributed by atoms with Gasteiger partial charge in [0, 0.05) is 23.5 Å². The number of hydrogen-bond donors (Lipinski definition) is 2. The highest BCUT2D eigenvalue weighted by atomic mass is 16.4. The summed E-state index contributed by atoms with van der Waals surface area (Å²) in [5, 5.41) is 12.5. The third-order valence-corrected chi connectivity index (χ3v) is 4.69. The first-order valence-corrected chi connectivity index (χ1v) is 8.85. The van der Waals surface area contributed by atoms with Gasteiger partial charge in [-0.2, -0.15) is 4.98 Å². The number of benzene rings is 2. The Morgan fingerprint density at radius 1 is 1.15 bits per heavy atom. The Hall–Kier alpha value is -3.41. The lowest BCUT2D eigenvalue weighted by atomic mass is 10.1. The van der Waals surface area contributed by atoms with Crippen molar-refractivity contribution in [2.45, 2.75) is 26.3 Å². The molecule has 0 amide bonds. The van der Waals surface area contributed by atoms with Crippen LogP contribution in [0.15, 0.2) is 54.6 Å². The lowest BCUT2D eigenvalue weighted by Crippen LogP contribution is -2.26. The Morgan fingerprint density at radius 3 is 2.70 bits per heavy atom. The highest BCUT2D eigenvalue weighted by Gasteiger charge is 2.29. The van der Waals surface area contributed by atoms with Crippen LogP contribution in [0.3, 0.4) is 0 Å². The molecule has 27 heavy (non-hydrogen) atoms. The van der Waals surface area contributed by atoms with Crippen molar-refractivity contribution in [3.05, 3.63) is 71.4 Å². The van der Waals surface area contributed by atoms with Crippen LogP contribution < -0.4 is 10.2 Å². The van der Waals surface area contributed by atoms with E-state index in [0.717, 1.165) is 17.8 Å². The lowest BCUT2D eigenvalue weighted by Gasteiger charge is -2.23. The Balaban J connectivity index is 1.72. The van der Waals surface area contributed by atoms with Crippen LogP contribution in [0.2, 0.25) is 0 Å². The van der Waals surface area contributed by atoms with E-state index in [1.165, 1.54) is 5.56 Å². The number of fused-ring (bicyclic) bond motifs is 1.